The first-order chi connectivity index (χ1) is 11.0. The molecule has 122 valence electrons. The average molecular weight is 317 g/mol. The standard InChI is InChI=1S/C17H19NO5/c1-11-9-23-14(7-15(19)20)16(11)17(21)18-8-12-3-5-13(6-4-12)10-22-2/h3-6,9H,7-8,10H2,1-2H3,(H,18,21)(H,19,20). The van der Waals surface area contributed by atoms with Crippen molar-refractivity contribution in [3.63, 3.8) is 0 Å². The molecule has 0 aliphatic rings. The fourth-order valence-electron chi connectivity index (χ4n) is 2.26. The molecule has 0 aliphatic carbocycles. The van der Waals surface area contributed by atoms with E-state index in [0.717, 1.165) is 11.1 Å². The Morgan fingerprint density at radius 2 is 1.87 bits per heavy atom. The molecule has 0 bridgehead atoms. The SMILES string of the molecule is COCc1ccc(CNC(=O)c2c(C)coc2CC(=O)O)cc1. The topological polar surface area (TPSA) is 88.8 Å². The van der Waals surface area contributed by atoms with Crippen LogP contribution in [0, 0.1) is 6.92 Å². The Morgan fingerprint density at radius 1 is 1.22 bits per heavy atom. The van der Waals surface area contributed by atoms with Gasteiger partial charge in [-0.1, -0.05) is 24.3 Å². The zero-order valence-electron chi connectivity index (χ0n) is 13.1. The van der Waals surface area contributed by atoms with Crippen molar-refractivity contribution in [3.05, 3.63) is 58.5 Å². The van der Waals surface area contributed by atoms with E-state index in [9.17, 15) is 9.59 Å². The predicted molar refractivity (Wildman–Crippen MR) is 83.1 cm³/mol. The zero-order chi connectivity index (χ0) is 16.8. The molecule has 2 rings (SSSR count). The largest absolute Gasteiger partial charge is 0.481 e. The van der Waals surface area contributed by atoms with Gasteiger partial charge in [-0.15, -0.1) is 0 Å². The third-order valence-corrected chi connectivity index (χ3v) is 3.38. The van der Waals surface area contributed by atoms with Gasteiger partial charge in [-0.05, 0) is 18.1 Å². The molecule has 0 spiro atoms. The van der Waals surface area contributed by atoms with Crippen LogP contribution in [-0.4, -0.2) is 24.1 Å². The zero-order valence-corrected chi connectivity index (χ0v) is 13.1. The van der Waals surface area contributed by atoms with E-state index in [1.54, 1.807) is 14.0 Å². The van der Waals surface area contributed by atoms with Crippen LogP contribution >= 0.6 is 0 Å². The quantitative estimate of drug-likeness (QED) is 0.818. The van der Waals surface area contributed by atoms with Crippen LogP contribution in [0.4, 0.5) is 0 Å². The van der Waals surface area contributed by atoms with Gasteiger partial charge in [0.25, 0.3) is 5.91 Å². The lowest BCUT2D eigenvalue weighted by atomic mass is 10.1. The monoisotopic (exact) mass is 317 g/mol. The summed E-state index contributed by atoms with van der Waals surface area (Å²) in [5, 5.41) is 11.6. The van der Waals surface area contributed by atoms with E-state index < -0.39 is 5.97 Å². The van der Waals surface area contributed by atoms with Crippen molar-refractivity contribution >= 4 is 11.9 Å². The first kappa shape index (κ1) is 16.8. The van der Waals surface area contributed by atoms with E-state index >= 15 is 0 Å². The molecule has 0 unspecified atom stereocenters. The maximum Gasteiger partial charge on any atom is 0.311 e. The van der Waals surface area contributed by atoms with Crippen molar-refractivity contribution < 1.29 is 23.8 Å². The molecule has 0 saturated carbocycles. The summed E-state index contributed by atoms with van der Waals surface area (Å²) in [7, 11) is 1.64. The van der Waals surface area contributed by atoms with Crippen molar-refractivity contribution in [2.45, 2.75) is 26.5 Å². The second kappa shape index (κ2) is 7.60. The number of benzene rings is 1. The Balaban J connectivity index is 2.02. The van der Waals surface area contributed by atoms with Gasteiger partial charge in [0.1, 0.15) is 12.2 Å². The summed E-state index contributed by atoms with van der Waals surface area (Å²) in [6, 6.07) is 7.69. The summed E-state index contributed by atoms with van der Waals surface area (Å²) in [5.74, 6) is -1.21. The van der Waals surface area contributed by atoms with Crippen LogP contribution in [0.25, 0.3) is 0 Å². The van der Waals surface area contributed by atoms with E-state index in [-0.39, 0.29) is 18.1 Å². The number of hydrogen-bond donors (Lipinski definition) is 2. The van der Waals surface area contributed by atoms with E-state index in [2.05, 4.69) is 5.32 Å². The molecule has 6 nitrogen and oxygen atoms in total. The predicted octanol–water partition coefficient (Wildman–Crippen LogP) is 2.29. The summed E-state index contributed by atoms with van der Waals surface area (Å²) < 4.78 is 10.2. The lowest BCUT2D eigenvalue weighted by Gasteiger charge is -2.07. The Hall–Kier alpha value is -2.60. The Labute approximate surface area is 134 Å². The van der Waals surface area contributed by atoms with Crippen molar-refractivity contribution in [2.24, 2.45) is 0 Å². The Bertz CT molecular complexity index is 688. The molecule has 23 heavy (non-hydrogen) atoms. The van der Waals surface area contributed by atoms with Crippen LogP contribution in [0.2, 0.25) is 0 Å². The first-order valence-electron chi connectivity index (χ1n) is 7.15. The summed E-state index contributed by atoms with van der Waals surface area (Å²) in [6.45, 7) is 2.60. The van der Waals surface area contributed by atoms with Gasteiger partial charge in [0.15, 0.2) is 0 Å². The number of carboxylic acids is 1. The van der Waals surface area contributed by atoms with Gasteiger partial charge in [-0.3, -0.25) is 9.59 Å². The minimum Gasteiger partial charge on any atom is -0.481 e. The van der Waals surface area contributed by atoms with Crippen LogP contribution in [0.1, 0.15) is 32.8 Å². The highest BCUT2D eigenvalue weighted by molar-refractivity contribution is 5.97. The van der Waals surface area contributed by atoms with Gasteiger partial charge in [0.05, 0.1) is 18.4 Å². The highest BCUT2D eigenvalue weighted by Crippen LogP contribution is 2.17. The molecule has 1 amide bonds. The number of rotatable bonds is 7. The Kier molecular flexibility index (Phi) is 5.54. The molecule has 1 aromatic carbocycles. The molecule has 2 N–H and O–H groups in total. The van der Waals surface area contributed by atoms with Gasteiger partial charge in [-0.2, -0.15) is 0 Å². The number of aryl methyl sites for hydroxylation is 1. The summed E-state index contributed by atoms with van der Waals surface area (Å²) in [4.78, 5) is 23.1. The minimum absolute atomic E-state index is 0.169. The number of hydrogen-bond acceptors (Lipinski definition) is 4. The second-order valence-corrected chi connectivity index (χ2v) is 5.22. The molecule has 0 radical (unpaired) electrons. The molecule has 0 fully saturated rings. The van der Waals surface area contributed by atoms with Gasteiger partial charge < -0.3 is 19.6 Å². The fourth-order valence-corrected chi connectivity index (χ4v) is 2.26. The molecule has 0 atom stereocenters. The van der Waals surface area contributed by atoms with Gasteiger partial charge in [-0.25, -0.2) is 0 Å². The number of carbonyl (C=O) groups excluding carboxylic acids is 1. The van der Waals surface area contributed by atoms with Gasteiger partial charge in [0.2, 0.25) is 0 Å². The molecule has 1 heterocycles. The average Bonchev–Trinajstić information content (AvgIpc) is 2.86. The van der Waals surface area contributed by atoms with Gasteiger partial charge >= 0.3 is 5.97 Å². The second-order valence-electron chi connectivity index (χ2n) is 5.22. The molecule has 0 aliphatic heterocycles. The maximum atomic E-state index is 12.3. The van der Waals surface area contributed by atoms with Crippen LogP contribution in [0.15, 0.2) is 34.9 Å². The van der Waals surface area contributed by atoms with Crippen LogP contribution < -0.4 is 5.32 Å². The number of aliphatic carboxylic acids is 1. The molecular weight excluding hydrogens is 298 g/mol. The summed E-state index contributed by atoms with van der Waals surface area (Å²) >= 11 is 0. The highest BCUT2D eigenvalue weighted by atomic mass is 16.5. The van der Waals surface area contributed by atoms with E-state index in [4.69, 9.17) is 14.3 Å². The fraction of sp³-hybridized carbons (Fsp3) is 0.294. The van der Waals surface area contributed by atoms with Crippen molar-refractivity contribution in [1.29, 1.82) is 0 Å². The molecular formula is C17H19NO5. The number of carbonyl (C=O) groups is 2. The first-order valence-corrected chi connectivity index (χ1v) is 7.15. The van der Waals surface area contributed by atoms with E-state index in [0.29, 0.717) is 24.3 Å². The normalized spacial score (nSPS) is 10.5. The summed E-state index contributed by atoms with van der Waals surface area (Å²) in [5.41, 5.74) is 2.91. The molecule has 0 saturated heterocycles. The number of carboxylic acid groups (broad SMARTS) is 1. The number of furan rings is 1. The molecule has 1 aromatic heterocycles. The third kappa shape index (κ3) is 4.43. The smallest absolute Gasteiger partial charge is 0.311 e. The number of methoxy groups -OCH3 is 1. The minimum atomic E-state index is -1.04. The van der Waals surface area contributed by atoms with Crippen molar-refractivity contribution in [1.82, 2.24) is 5.32 Å². The number of ether oxygens (including phenoxy) is 1. The van der Waals surface area contributed by atoms with Crippen LogP contribution in [0.5, 0.6) is 0 Å². The number of nitrogens with one attached hydrogen (secondary N) is 1. The van der Waals surface area contributed by atoms with Crippen molar-refractivity contribution in [3.8, 4) is 0 Å². The third-order valence-electron chi connectivity index (χ3n) is 3.38. The van der Waals surface area contributed by atoms with Crippen LogP contribution in [0.3, 0.4) is 0 Å². The lowest BCUT2D eigenvalue weighted by molar-refractivity contribution is -0.136. The van der Waals surface area contributed by atoms with E-state index in [1.165, 1.54) is 6.26 Å². The van der Waals surface area contributed by atoms with E-state index in [1.807, 2.05) is 24.3 Å². The van der Waals surface area contributed by atoms with Gasteiger partial charge in [0, 0.05) is 19.2 Å². The van der Waals surface area contributed by atoms with Crippen molar-refractivity contribution in [2.75, 3.05) is 7.11 Å². The maximum absolute atomic E-state index is 12.3. The lowest BCUT2D eigenvalue weighted by Crippen LogP contribution is -2.24. The van der Waals surface area contributed by atoms with Crippen LogP contribution in [-0.2, 0) is 29.1 Å². The molecule has 2 aromatic rings. The molecule has 6 heteroatoms. The summed E-state index contributed by atoms with van der Waals surface area (Å²) in [6.07, 6.45) is 1.08. The Morgan fingerprint density at radius 3 is 2.48 bits per heavy atom. The number of amides is 1. The highest BCUT2D eigenvalue weighted by Gasteiger charge is 2.20.